The molecule has 3 aliphatic heterocycles. The number of halogens is 1. The second-order valence-corrected chi connectivity index (χ2v) is 15.0. The van der Waals surface area contributed by atoms with Crippen molar-refractivity contribution in [3.63, 3.8) is 0 Å². The predicted molar refractivity (Wildman–Crippen MR) is 154 cm³/mol. The first kappa shape index (κ1) is 28.6. The molecule has 2 aromatic heterocycles. The first-order valence-corrected chi connectivity index (χ1v) is 17.0. The fourth-order valence-corrected chi connectivity index (χ4v) is 8.57. The van der Waals surface area contributed by atoms with Crippen LogP contribution < -0.4 is 5.32 Å². The molecule has 4 fully saturated rings. The Balaban J connectivity index is 1.07. The van der Waals surface area contributed by atoms with Gasteiger partial charge in [0, 0.05) is 30.9 Å². The quantitative estimate of drug-likeness (QED) is 0.351. The highest BCUT2D eigenvalue weighted by molar-refractivity contribution is 7.51. The Bertz CT molecular complexity index is 1670. The van der Waals surface area contributed by atoms with Gasteiger partial charge in [0.05, 0.1) is 10.8 Å². The smallest absolute Gasteiger partial charge is 0.340 e. The molecule has 3 aromatic rings. The Labute approximate surface area is 250 Å². The number of amides is 3. The van der Waals surface area contributed by atoms with Crippen LogP contribution in [0, 0.1) is 11.8 Å². The molecule has 0 radical (unpaired) electrons. The Hall–Kier alpha value is -3.19. The van der Waals surface area contributed by atoms with E-state index in [2.05, 4.69) is 15.5 Å². The average Bonchev–Trinajstić information content (AvgIpc) is 3.27. The Morgan fingerprint density at radius 3 is 2.63 bits per heavy atom. The summed E-state index contributed by atoms with van der Waals surface area (Å²) in [6.07, 6.45) is 5.39. The van der Waals surface area contributed by atoms with Gasteiger partial charge in [0.15, 0.2) is 0 Å². The van der Waals surface area contributed by atoms with Crippen LogP contribution in [0.1, 0.15) is 65.0 Å². The second-order valence-electron chi connectivity index (χ2n) is 12.3. The summed E-state index contributed by atoms with van der Waals surface area (Å²) in [6.45, 7) is 1.06. The molecule has 0 bridgehead atoms. The van der Waals surface area contributed by atoms with Crippen LogP contribution in [0.3, 0.4) is 0 Å². The minimum absolute atomic E-state index is 0.0302. The largest absolute Gasteiger partial charge is 0.363 e. The third-order valence-electron chi connectivity index (χ3n) is 9.47. The molecule has 3 N–H and O–H groups in total. The highest BCUT2D eigenvalue weighted by Crippen LogP contribution is 2.53. The minimum Gasteiger partial charge on any atom is -0.340 e. The van der Waals surface area contributed by atoms with Gasteiger partial charge in [-0.05, 0) is 73.1 Å². The van der Waals surface area contributed by atoms with Crippen molar-refractivity contribution in [2.75, 3.05) is 13.1 Å². The first-order chi connectivity index (χ1) is 20.5. The van der Waals surface area contributed by atoms with Crippen LogP contribution in [-0.2, 0) is 21.2 Å². The SMILES string of the molecule is Cn1cnnc1C1CN(C(=O)[C@@H]2CC[C@@H]3C[C@@H]4C[C@@H]4C[C@H](NC(=O)c4cc5cc(C(F)P(=O)(O)O)ccc5s4)C(=O)N32)C1. The number of benzene rings is 1. The number of rotatable bonds is 6. The lowest BCUT2D eigenvalue weighted by atomic mass is 9.97. The number of hydrogen-bond acceptors (Lipinski definition) is 7. The molecule has 12 nitrogen and oxygen atoms in total. The summed E-state index contributed by atoms with van der Waals surface area (Å²) in [5.41, 5.74) is -0.165. The Morgan fingerprint density at radius 1 is 1.14 bits per heavy atom. The van der Waals surface area contributed by atoms with Crippen LogP contribution in [0.15, 0.2) is 30.6 Å². The topological polar surface area (TPSA) is 158 Å². The molecule has 0 spiro atoms. The van der Waals surface area contributed by atoms with Gasteiger partial charge in [-0.3, -0.25) is 18.9 Å². The fourth-order valence-electron chi connectivity index (χ4n) is 7.07. The molecule has 1 unspecified atom stereocenters. The highest BCUT2D eigenvalue weighted by Gasteiger charge is 2.52. The van der Waals surface area contributed by atoms with Crippen LogP contribution in [0.25, 0.3) is 10.1 Å². The van der Waals surface area contributed by atoms with Gasteiger partial charge < -0.3 is 29.5 Å². The maximum Gasteiger partial charge on any atom is 0.363 e. The molecular formula is C28H32FN6O6PS. The van der Waals surface area contributed by atoms with E-state index in [0.29, 0.717) is 52.7 Å². The van der Waals surface area contributed by atoms with Gasteiger partial charge in [-0.2, -0.15) is 0 Å². The number of nitrogens with zero attached hydrogens (tertiary/aromatic N) is 5. The average molecular weight is 631 g/mol. The maximum absolute atomic E-state index is 14.3. The van der Waals surface area contributed by atoms with Crippen LogP contribution in [0.4, 0.5) is 4.39 Å². The molecule has 15 heteroatoms. The molecule has 7 rings (SSSR count). The number of carbonyl (C=O) groups is 3. The normalized spacial score (nSPS) is 28.1. The van der Waals surface area contributed by atoms with Gasteiger partial charge >= 0.3 is 7.60 Å². The van der Waals surface area contributed by atoms with Crippen molar-refractivity contribution >= 4 is 46.7 Å². The minimum atomic E-state index is -4.97. The van der Waals surface area contributed by atoms with Gasteiger partial charge in [0.1, 0.15) is 24.2 Å². The van der Waals surface area contributed by atoms with Gasteiger partial charge in [-0.1, -0.05) is 6.07 Å². The summed E-state index contributed by atoms with van der Waals surface area (Å²) in [5.74, 6) is -1.41. The summed E-state index contributed by atoms with van der Waals surface area (Å²) >= 11 is 1.16. The third-order valence-corrected chi connectivity index (χ3v) is 11.5. The molecule has 1 aliphatic carbocycles. The number of nitrogens with one attached hydrogen (secondary N) is 1. The molecule has 5 heterocycles. The Morgan fingerprint density at radius 2 is 1.91 bits per heavy atom. The van der Waals surface area contributed by atoms with E-state index in [0.717, 1.165) is 36.4 Å². The van der Waals surface area contributed by atoms with Crippen molar-refractivity contribution in [2.45, 2.75) is 62.1 Å². The van der Waals surface area contributed by atoms with E-state index in [1.165, 1.54) is 18.2 Å². The molecular weight excluding hydrogens is 598 g/mol. The zero-order valence-electron chi connectivity index (χ0n) is 23.4. The summed E-state index contributed by atoms with van der Waals surface area (Å²) in [5, 5.41) is 11.5. The number of aromatic nitrogens is 3. The second kappa shape index (κ2) is 10.5. The van der Waals surface area contributed by atoms with Gasteiger partial charge in [0.25, 0.3) is 5.91 Å². The third kappa shape index (κ3) is 5.17. The first-order valence-electron chi connectivity index (χ1n) is 14.5. The number of hydrogen-bond donors (Lipinski definition) is 3. The van der Waals surface area contributed by atoms with Crippen molar-refractivity contribution in [1.82, 2.24) is 29.9 Å². The van der Waals surface area contributed by atoms with Crippen molar-refractivity contribution in [3.8, 4) is 0 Å². The standard InChI is InChI=1S/C28H32FN6O6PS/c1-33-13-30-32-25(33)18-11-34(12-18)28(38)21-4-3-19-8-15-7-16(15)9-20(27(37)35(19)21)31-26(36)23-10-17-6-14(2-5-22(17)43-23)24(29)42(39,40)41/h2,5-6,10,13,15-16,18-21,24H,3-4,7-9,11-12H2,1H3,(H,31,36)(H2,39,40,41)/t15-,16+,19+,20-,21-,24?/m0/s1. The molecule has 4 aliphatic rings. The zero-order chi connectivity index (χ0) is 30.2. The molecule has 1 saturated carbocycles. The molecule has 6 atom stereocenters. The molecule has 1 aromatic carbocycles. The Kier molecular flexibility index (Phi) is 6.95. The number of aryl methyl sites for hydroxylation is 1. The van der Waals surface area contributed by atoms with E-state index in [4.69, 9.17) is 0 Å². The molecule has 43 heavy (non-hydrogen) atoms. The van der Waals surface area contributed by atoms with E-state index in [9.17, 15) is 33.1 Å². The van der Waals surface area contributed by atoms with E-state index in [-0.39, 0.29) is 29.3 Å². The molecule has 3 saturated heterocycles. The van der Waals surface area contributed by atoms with E-state index < -0.39 is 31.5 Å². The summed E-state index contributed by atoms with van der Waals surface area (Å²) < 4.78 is 28.1. The van der Waals surface area contributed by atoms with E-state index in [1.54, 1.807) is 22.2 Å². The van der Waals surface area contributed by atoms with Crippen LogP contribution in [0.5, 0.6) is 0 Å². The number of thiophene rings is 1. The predicted octanol–water partition coefficient (Wildman–Crippen LogP) is 2.69. The number of fused-ring (bicyclic) bond motifs is 3. The van der Waals surface area contributed by atoms with Gasteiger partial charge in [0.2, 0.25) is 17.7 Å². The maximum atomic E-state index is 14.3. The highest BCUT2D eigenvalue weighted by atomic mass is 32.1. The number of likely N-dealkylation sites (tertiary alicyclic amines) is 1. The lowest BCUT2D eigenvalue weighted by Gasteiger charge is -2.42. The van der Waals surface area contributed by atoms with E-state index in [1.807, 2.05) is 11.6 Å². The zero-order valence-corrected chi connectivity index (χ0v) is 25.1. The van der Waals surface area contributed by atoms with Gasteiger partial charge in [-0.25, -0.2) is 4.39 Å². The van der Waals surface area contributed by atoms with E-state index >= 15 is 0 Å². The van der Waals surface area contributed by atoms with Crippen molar-refractivity contribution < 1.29 is 33.1 Å². The van der Waals surface area contributed by atoms with Crippen molar-refractivity contribution in [2.24, 2.45) is 18.9 Å². The van der Waals surface area contributed by atoms with Crippen LogP contribution in [0.2, 0.25) is 0 Å². The lowest BCUT2D eigenvalue weighted by Crippen LogP contribution is -2.60. The van der Waals surface area contributed by atoms with Gasteiger partial charge in [-0.15, -0.1) is 21.5 Å². The van der Waals surface area contributed by atoms with Crippen LogP contribution >= 0.6 is 18.9 Å². The monoisotopic (exact) mass is 630 g/mol. The van der Waals surface area contributed by atoms with Crippen LogP contribution in [-0.4, -0.2) is 83.3 Å². The number of alkyl halides is 1. The van der Waals surface area contributed by atoms with Crippen molar-refractivity contribution in [1.29, 1.82) is 0 Å². The molecule has 3 amide bonds. The summed E-state index contributed by atoms with van der Waals surface area (Å²) in [4.78, 5) is 63.4. The lowest BCUT2D eigenvalue weighted by molar-refractivity contribution is -0.149. The fraction of sp³-hybridized carbons (Fsp3) is 0.536. The number of carbonyl (C=O) groups excluding carboxylic acids is 3. The van der Waals surface area contributed by atoms with Crippen molar-refractivity contribution in [3.05, 3.63) is 46.9 Å². The summed E-state index contributed by atoms with van der Waals surface area (Å²) in [6, 6.07) is 4.34. The molecule has 228 valence electrons. The summed E-state index contributed by atoms with van der Waals surface area (Å²) in [7, 11) is -3.09.